The standard InChI is InChI=1S/C13H27NO2/c1-13(2,3)12(6-8-15)14-11-5-4-9-16-10-7-11/h11-12,14-15H,4-10H2,1-3H3. The van der Waals surface area contributed by atoms with Crippen molar-refractivity contribution in [3.63, 3.8) is 0 Å². The average molecular weight is 229 g/mol. The molecule has 0 spiro atoms. The normalized spacial score (nSPS) is 25.1. The summed E-state index contributed by atoms with van der Waals surface area (Å²) in [4.78, 5) is 0. The fraction of sp³-hybridized carbons (Fsp3) is 1.00. The van der Waals surface area contributed by atoms with Gasteiger partial charge in [0, 0.05) is 31.9 Å². The monoisotopic (exact) mass is 229 g/mol. The summed E-state index contributed by atoms with van der Waals surface area (Å²) in [6.07, 6.45) is 4.27. The maximum absolute atomic E-state index is 9.12. The zero-order valence-electron chi connectivity index (χ0n) is 11.0. The van der Waals surface area contributed by atoms with Crippen molar-refractivity contribution >= 4 is 0 Å². The van der Waals surface area contributed by atoms with Crippen molar-refractivity contribution in [1.29, 1.82) is 0 Å². The summed E-state index contributed by atoms with van der Waals surface area (Å²) in [5, 5.41) is 12.8. The Morgan fingerprint density at radius 3 is 2.69 bits per heavy atom. The molecule has 0 aliphatic carbocycles. The van der Waals surface area contributed by atoms with Gasteiger partial charge in [-0.2, -0.15) is 0 Å². The average Bonchev–Trinajstić information content (AvgIpc) is 2.44. The molecule has 0 aromatic rings. The van der Waals surface area contributed by atoms with Gasteiger partial charge in [-0.1, -0.05) is 20.8 Å². The minimum Gasteiger partial charge on any atom is -0.396 e. The first-order chi connectivity index (χ1) is 7.54. The van der Waals surface area contributed by atoms with Gasteiger partial charge in [0.2, 0.25) is 0 Å². The van der Waals surface area contributed by atoms with Crippen LogP contribution in [-0.2, 0) is 4.74 Å². The molecule has 0 bridgehead atoms. The highest BCUT2D eigenvalue weighted by atomic mass is 16.5. The third-order valence-electron chi connectivity index (χ3n) is 3.35. The van der Waals surface area contributed by atoms with Crippen LogP contribution in [0.1, 0.15) is 46.5 Å². The van der Waals surface area contributed by atoms with Crippen molar-refractivity contribution < 1.29 is 9.84 Å². The van der Waals surface area contributed by atoms with Crippen molar-refractivity contribution in [2.45, 2.75) is 58.5 Å². The highest BCUT2D eigenvalue weighted by Crippen LogP contribution is 2.23. The van der Waals surface area contributed by atoms with E-state index in [-0.39, 0.29) is 12.0 Å². The van der Waals surface area contributed by atoms with Gasteiger partial charge in [0.1, 0.15) is 0 Å². The summed E-state index contributed by atoms with van der Waals surface area (Å²) in [6, 6.07) is 0.943. The van der Waals surface area contributed by atoms with Crippen LogP contribution in [0.3, 0.4) is 0 Å². The van der Waals surface area contributed by atoms with Gasteiger partial charge in [0.25, 0.3) is 0 Å². The number of hydrogen-bond acceptors (Lipinski definition) is 3. The van der Waals surface area contributed by atoms with E-state index in [0.29, 0.717) is 12.1 Å². The molecule has 3 heteroatoms. The van der Waals surface area contributed by atoms with Crippen LogP contribution in [0.5, 0.6) is 0 Å². The molecule has 2 N–H and O–H groups in total. The second-order valence-electron chi connectivity index (χ2n) is 5.84. The van der Waals surface area contributed by atoms with Crippen LogP contribution in [0.4, 0.5) is 0 Å². The van der Waals surface area contributed by atoms with Gasteiger partial charge in [-0.25, -0.2) is 0 Å². The Morgan fingerprint density at radius 1 is 1.31 bits per heavy atom. The summed E-state index contributed by atoms with van der Waals surface area (Å²) in [7, 11) is 0. The molecule has 1 aliphatic heterocycles. The third kappa shape index (κ3) is 4.81. The Labute approximate surface area is 99.6 Å². The Hall–Kier alpha value is -0.120. The molecule has 1 rings (SSSR count). The van der Waals surface area contributed by atoms with Crippen LogP contribution in [0.15, 0.2) is 0 Å². The van der Waals surface area contributed by atoms with E-state index in [0.717, 1.165) is 32.5 Å². The van der Waals surface area contributed by atoms with E-state index in [1.807, 2.05) is 0 Å². The second kappa shape index (κ2) is 6.58. The summed E-state index contributed by atoms with van der Waals surface area (Å²) in [5.74, 6) is 0. The first kappa shape index (κ1) is 13.9. The fourth-order valence-corrected chi connectivity index (χ4v) is 2.25. The predicted octanol–water partition coefficient (Wildman–Crippen LogP) is 1.94. The van der Waals surface area contributed by atoms with Crippen LogP contribution in [0.2, 0.25) is 0 Å². The lowest BCUT2D eigenvalue weighted by Crippen LogP contribution is -2.46. The Balaban J connectivity index is 2.46. The lowest BCUT2D eigenvalue weighted by molar-refractivity contribution is 0.139. The lowest BCUT2D eigenvalue weighted by atomic mass is 9.84. The molecule has 1 heterocycles. The molecule has 0 aromatic heterocycles. The summed E-state index contributed by atoms with van der Waals surface area (Å²) < 4.78 is 5.46. The van der Waals surface area contributed by atoms with Crippen LogP contribution < -0.4 is 5.32 Å². The molecule has 0 amide bonds. The maximum Gasteiger partial charge on any atom is 0.0480 e. The molecular formula is C13H27NO2. The SMILES string of the molecule is CC(C)(C)C(CCO)NC1CCCOCC1. The van der Waals surface area contributed by atoms with E-state index in [2.05, 4.69) is 26.1 Å². The predicted molar refractivity (Wildman–Crippen MR) is 66.5 cm³/mol. The van der Waals surface area contributed by atoms with E-state index in [1.165, 1.54) is 6.42 Å². The topological polar surface area (TPSA) is 41.5 Å². The lowest BCUT2D eigenvalue weighted by Gasteiger charge is -2.34. The molecule has 0 saturated carbocycles. The number of hydrogen-bond donors (Lipinski definition) is 2. The van der Waals surface area contributed by atoms with Gasteiger partial charge in [0.15, 0.2) is 0 Å². The van der Waals surface area contributed by atoms with Crippen molar-refractivity contribution in [3.05, 3.63) is 0 Å². The number of ether oxygens (including phenoxy) is 1. The van der Waals surface area contributed by atoms with E-state index in [4.69, 9.17) is 9.84 Å². The van der Waals surface area contributed by atoms with Crippen molar-refractivity contribution in [2.75, 3.05) is 19.8 Å². The molecule has 0 aromatic carbocycles. The smallest absolute Gasteiger partial charge is 0.0480 e. The molecule has 1 saturated heterocycles. The summed E-state index contributed by atoms with van der Waals surface area (Å²) >= 11 is 0. The molecule has 3 nitrogen and oxygen atoms in total. The van der Waals surface area contributed by atoms with Crippen LogP contribution in [0.25, 0.3) is 0 Å². The minimum atomic E-state index is 0.204. The number of aliphatic hydroxyl groups excluding tert-OH is 1. The molecular weight excluding hydrogens is 202 g/mol. The first-order valence-corrected chi connectivity index (χ1v) is 6.48. The summed E-state index contributed by atoms with van der Waals surface area (Å²) in [5.41, 5.74) is 0.204. The molecule has 2 atom stereocenters. The number of aliphatic hydroxyl groups is 1. The van der Waals surface area contributed by atoms with Crippen molar-refractivity contribution in [3.8, 4) is 0 Å². The summed E-state index contributed by atoms with van der Waals surface area (Å²) in [6.45, 7) is 8.72. The van der Waals surface area contributed by atoms with E-state index in [1.54, 1.807) is 0 Å². The molecule has 1 fully saturated rings. The van der Waals surface area contributed by atoms with Gasteiger partial charge in [-0.3, -0.25) is 0 Å². The molecule has 2 unspecified atom stereocenters. The third-order valence-corrected chi connectivity index (χ3v) is 3.35. The van der Waals surface area contributed by atoms with Crippen LogP contribution >= 0.6 is 0 Å². The van der Waals surface area contributed by atoms with Crippen molar-refractivity contribution in [2.24, 2.45) is 5.41 Å². The zero-order chi connectivity index (χ0) is 12.0. The van der Waals surface area contributed by atoms with Gasteiger partial charge >= 0.3 is 0 Å². The Kier molecular flexibility index (Phi) is 5.73. The van der Waals surface area contributed by atoms with Crippen LogP contribution in [0, 0.1) is 5.41 Å². The largest absolute Gasteiger partial charge is 0.396 e. The van der Waals surface area contributed by atoms with Gasteiger partial charge in [-0.05, 0) is 31.1 Å². The molecule has 0 radical (unpaired) electrons. The molecule has 1 aliphatic rings. The second-order valence-corrected chi connectivity index (χ2v) is 5.84. The van der Waals surface area contributed by atoms with Gasteiger partial charge < -0.3 is 15.2 Å². The first-order valence-electron chi connectivity index (χ1n) is 6.48. The quantitative estimate of drug-likeness (QED) is 0.774. The fourth-order valence-electron chi connectivity index (χ4n) is 2.25. The highest BCUT2D eigenvalue weighted by molar-refractivity contribution is 4.84. The van der Waals surface area contributed by atoms with E-state index >= 15 is 0 Å². The molecule has 96 valence electrons. The van der Waals surface area contributed by atoms with Crippen LogP contribution in [-0.4, -0.2) is 37.0 Å². The van der Waals surface area contributed by atoms with Gasteiger partial charge in [-0.15, -0.1) is 0 Å². The zero-order valence-corrected chi connectivity index (χ0v) is 11.0. The number of rotatable bonds is 4. The highest BCUT2D eigenvalue weighted by Gasteiger charge is 2.26. The van der Waals surface area contributed by atoms with Gasteiger partial charge in [0.05, 0.1) is 0 Å². The van der Waals surface area contributed by atoms with E-state index in [9.17, 15) is 0 Å². The number of nitrogens with one attached hydrogen (secondary N) is 1. The Bertz CT molecular complexity index is 181. The van der Waals surface area contributed by atoms with Crippen molar-refractivity contribution in [1.82, 2.24) is 5.32 Å². The molecule has 16 heavy (non-hydrogen) atoms. The Morgan fingerprint density at radius 2 is 2.06 bits per heavy atom. The minimum absolute atomic E-state index is 0.204. The maximum atomic E-state index is 9.12. The van der Waals surface area contributed by atoms with E-state index < -0.39 is 0 Å².